The smallest absolute Gasteiger partial charge is 0.256 e. The van der Waals surface area contributed by atoms with Crippen LogP contribution in [0.1, 0.15) is 16.8 Å². The van der Waals surface area contributed by atoms with E-state index in [1.54, 1.807) is 30.5 Å². The van der Waals surface area contributed by atoms with Crippen LogP contribution in [-0.2, 0) is 11.3 Å². The van der Waals surface area contributed by atoms with Gasteiger partial charge in [0, 0.05) is 35.7 Å². The van der Waals surface area contributed by atoms with Gasteiger partial charge in [0.15, 0.2) is 0 Å². The molecule has 0 atom stereocenters. The van der Waals surface area contributed by atoms with Crippen molar-refractivity contribution in [1.29, 1.82) is 0 Å². The molecule has 2 heterocycles. The lowest BCUT2D eigenvalue weighted by Crippen LogP contribution is -2.03. The first-order chi connectivity index (χ1) is 12.6. The van der Waals surface area contributed by atoms with E-state index >= 15 is 0 Å². The molecule has 0 saturated carbocycles. The summed E-state index contributed by atoms with van der Waals surface area (Å²) >= 11 is 0. The van der Waals surface area contributed by atoms with Crippen LogP contribution in [0.4, 0.5) is 20.2 Å². The number of fused-ring (bicyclic) bond motifs is 1. The highest BCUT2D eigenvalue weighted by molar-refractivity contribution is 6.35. The fourth-order valence-corrected chi connectivity index (χ4v) is 2.86. The third kappa shape index (κ3) is 3.19. The van der Waals surface area contributed by atoms with E-state index in [0.29, 0.717) is 16.8 Å². The minimum absolute atomic E-state index is 0.195. The number of rotatable bonds is 4. The largest absolute Gasteiger partial charge is 0.381 e. The number of nitrogens with one attached hydrogen (secondary N) is 3. The minimum atomic E-state index is -0.615. The van der Waals surface area contributed by atoms with E-state index in [2.05, 4.69) is 20.8 Å². The monoisotopic (exact) mass is 352 g/mol. The Morgan fingerprint density at radius 2 is 1.88 bits per heavy atom. The lowest BCUT2D eigenvalue weighted by Gasteiger charge is -2.09. The molecule has 4 rings (SSSR count). The van der Waals surface area contributed by atoms with Crippen LogP contribution in [-0.4, -0.2) is 16.1 Å². The van der Waals surface area contributed by atoms with Crippen LogP contribution in [0.25, 0.3) is 11.6 Å². The Morgan fingerprint density at radius 1 is 1.08 bits per heavy atom. The van der Waals surface area contributed by atoms with Gasteiger partial charge in [0.05, 0.1) is 11.3 Å². The third-order valence-electron chi connectivity index (χ3n) is 4.04. The van der Waals surface area contributed by atoms with Crippen molar-refractivity contribution in [3.8, 4) is 0 Å². The molecule has 26 heavy (non-hydrogen) atoms. The van der Waals surface area contributed by atoms with E-state index in [4.69, 9.17) is 0 Å². The van der Waals surface area contributed by atoms with Crippen molar-refractivity contribution >= 4 is 28.9 Å². The molecule has 130 valence electrons. The second-order valence-electron chi connectivity index (χ2n) is 5.92. The first kappa shape index (κ1) is 16.0. The molecule has 1 amide bonds. The first-order valence-electron chi connectivity index (χ1n) is 7.94. The van der Waals surface area contributed by atoms with Crippen molar-refractivity contribution < 1.29 is 13.6 Å². The van der Waals surface area contributed by atoms with Crippen LogP contribution in [0, 0.1) is 11.6 Å². The lowest BCUT2D eigenvalue weighted by molar-refractivity contribution is -0.110. The van der Waals surface area contributed by atoms with Crippen molar-refractivity contribution in [3.05, 3.63) is 77.1 Å². The highest BCUT2D eigenvalue weighted by atomic mass is 19.1. The minimum Gasteiger partial charge on any atom is -0.381 e. The number of benzene rings is 2. The van der Waals surface area contributed by atoms with Crippen LogP contribution < -0.4 is 10.6 Å². The summed E-state index contributed by atoms with van der Waals surface area (Å²) in [6.45, 7) is 0.258. The Bertz CT molecular complexity index is 992. The van der Waals surface area contributed by atoms with Gasteiger partial charge < -0.3 is 10.6 Å². The maximum atomic E-state index is 13.3. The summed E-state index contributed by atoms with van der Waals surface area (Å²) in [6.07, 6.45) is 3.33. The maximum Gasteiger partial charge on any atom is 0.256 e. The van der Waals surface area contributed by atoms with Crippen LogP contribution >= 0.6 is 0 Å². The van der Waals surface area contributed by atoms with E-state index in [-0.39, 0.29) is 12.5 Å². The molecule has 2 aromatic carbocycles. The Hall–Kier alpha value is -3.48. The molecule has 0 aliphatic carbocycles. The number of nitrogens with zero attached hydrogens (tertiary/aromatic N) is 1. The number of anilines is 2. The number of H-pyrrole nitrogens is 1. The predicted octanol–water partition coefficient (Wildman–Crippen LogP) is 3.79. The van der Waals surface area contributed by atoms with Gasteiger partial charge in [-0.05, 0) is 48.0 Å². The molecule has 3 N–H and O–H groups in total. The first-order valence-corrected chi connectivity index (χ1v) is 7.94. The molecule has 1 aromatic heterocycles. The number of amides is 1. The maximum absolute atomic E-state index is 13.3. The van der Waals surface area contributed by atoms with Crippen LogP contribution in [0.15, 0.2) is 48.7 Å². The zero-order valence-electron chi connectivity index (χ0n) is 13.5. The quantitative estimate of drug-likeness (QED) is 0.626. The molecule has 0 radical (unpaired) electrons. The fourth-order valence-electron chi connectivity index (χ4n) is 2.86. The van der Waals surface area contributed by atoms with E-state index in [1.165, 1.54) is 12.1 Å². The summed E-state index contributed by atoms with van der Waals surface area (Å²) in [5.74, 6) is -1.43. The van der Waals surface area contributed by atoms with Crippen LogP contribution in [0.2, 0.25) is 0 Å². The average molecular weight is 352 g/mol. The van der Waals surface area contributed by atoms with Crippen LogP contribution in [0.5, 0.6) is 0 Å². The molecule has 0 spiro atoms. The van der Waals surface area contributed by atoms with Gasteiger partial charge in [-0.15, -0.1) is 0 Å². The number of aromatic nitrogens is 2. The number of carbonyl (C=O) groups excluding carboxylic acids is 1. The molecule has 0 unspecified atom stereocenters. The highest BCUT2D eigenvalue weighted by Crippen LogP contribution is 2.35. The van der Waals surface area contributed by atoms with Gasteiger partial charge in [-0.2, -0.15) is 5.10 Å². The number of hydrogen-bond donors (Lipinski definition) is 3. The Balaban J connectivity index is 1.59. The summed E-state index contributed by atoms with van der Waals surface area (Å²) in [5.41, 5.74) is 3.93. The molecular weight excluding hydrogens is 338 g/mol. The van der Waals surface area contributed by atoms with Gasteiger partial charge in [-0.3, -0.25) is 9.89 Å². The summed E-state index contributed by atoms with van der Waals surface area (Å²) < 4.78 is 26.6. The number of aromatic amines is 1. The zero-order valence-corrected chi connectivity index (χ0v) is 13.5. The van der Waals surface area contributed by atoms with Crippen molar-refractivity contribution in [1.82, 2.24) is 10.2 Å². The normalized spacial score (nSPS) is 14.4. The Kier molecular flexibility index (Phi) is 3.96. The molecule has 3 aromatic rings. The average Bonchev–Trinajstić information content (AvgIpc) is 3.21. The fraction of sp³-hybridized carbons (Fsp3) is 0.0526. The summed E-state index contributed by atoms with van der Waals surface area (Å²) in [5, 5.41) is 12.6. The van der Waals surface area contributed by atoms with Gasteiger partial charge in [-0.1, -0.05) is 0 Å². The molecule has 0 saturated heterocycles. The SMILES string of the molecule is O=C1Nc2ccc(NCc3cc(F)cc(F)c3)cc2/C1=C/c1ccn[nH]1. The summed E-state index contributed by atoms with van der Waals surface area (Å²) in [7, 11) is 0. The number of halogens is 2. The standard InChI is InChI=1S/C19H14F2N4O/c20-12-5-11(6-13(21)7-12)10-22-14-1-2-18-16(8-14)17(19(26)24-18)9-15-3-4-23-25-15/h1-9,22H,10H2,(H,23,25)(H,24,26)/b17-9-. The van der Waals surface area contributed by atoms with Crippen molar-refractivity contribution in [3.63, 3.8) is 0 Å². The van der Waals surface area contributed by atoms with Gasteiger partial charge in [0.25, 0.3) is 5.91 Å². The summed E-state index contributed by atoms with van der Waals surface area (Å²) in [6, 6.07) is 10.6. The van der Waals surface area contributed by atoms with E-state index < -0.39 is 11.6 Å². The third-order valence-corrected chi connectivity index (χ3v) is 4.04. The van der Waals surface area contributed by atoms with Gasteiger partial charge >= 0.3 is 0 Å². The van der Waals surface area contributed by atoms with Gasteiger partial charge in [0.2, 0.25) is 0 Å². The van der Waals surface area contributed by atoms with Crippen LogP contribution in [0.3, 0.4) is 0 Å². The molecule has 7 heteroatoms. The number of carbonyl (C=O) groups is 1. The Labute approximate surface area is 147 Å². The van der Waals surface area contributed by atoms with Gasteiger partial charge in [-0.25, -0.2) is 8.78 Å². The van der Waals surface area contributed by atoms with E-state index in [9.17, 15) is 13.6 Å². The topological polar surface area (TPSA) is 69.8 Å². The van der Waals surface area contributed by atoms with E-state index in [1.807, 2.05) is 6.07 Å². The second-order valence-corrected chi connectivity index (χ2v) is 5.92. The number of hydrogen-bond acceptors (Lipinski definition) is 3. The molecular formula is C19H14F2N4O. The molecule has 1 aliphatic rings. The van der Waals surface area contributed by atoms with Crippen molar-refractivity contribution in [2.45, 2.75) is 6.54 Å². The van der Waals surface area contributed by atoms with E-state index in [0.717, 1.165) is 23.0 Å². The molecule has 0 bridgehead atoms. The van der Waals surface area contributed by atoms with Gasteiger partial charge in [0.1, 0.15) is 11.6 Å². The highest BCUT2D eigenvalue weighted by Gasteiger charge is 2.24. The molecule has 5 nitrogen and oxygen atoms in total. The van der Waals surface area contributed by atoms with Crippen molar-refractivity contribution in [2.75, 3.05) is 10.6 Å². The predicted molar refractivity (Wildman–Crippen MR) is 95.2 cm³/mol. The zero-order chi connectivity index (χ0) is 18.1. The second kappa shape index (κ2) is 6.44. The lowest BCUT2D eigenvalue weighted by atomic mass is 10.0. The Morgan fingerprint density at radius 3 is 2.62 bits per heavy atom. The summed E-state index contributed by atoms with van der Waals surface area (Å²) in [4.78, 5) is 12.2. The molecule has 0 fully saturated rings. The van der Waals surface area contributed by atoms with Crippen molar-refractivity contribution in [2.24, 2.45) is 0 Å². The molecule has 1 aliphatic heterocycles.